The number of allylic oxidation sites excluding steroid dienone is 2. The molecular weight excluding hydrogens is 1430 g/mol. The van der Waals surface area contributed by atoms with Gasteiger partial charge in [-0.15, -0.1) is 0 Å². The standard InChI is InChI=1S/C71H110O36/c1-26-38(78)52(98-28(3)74)55(105-61-47(87)43(83)50(27(2)97-61)101-60-49(89)51(33(77)24-95-60)102-58-44(84)39(79)31(75)22-93-58)63(96-26)107-65(92)71-18-16-66(4,5)20-30(71)29-10-11-36-67(6)14-13-37(68(7,25-73)35(67)12-15-70(36,9)69(29,8)17-19-71)100-64-56(106-62-46(86)42(82)41(81)34(21-72)99-62)53(48(88)54(104-64)57(90)91)103-59-45(85)40(80)32(76)23-94-59/h10,25-27,30-56,58-64,72,75-89H,11-24H2,1-9H3,(H,90,91)/t26-,27+,30+,31-,32-,33-,34-,35-,36?,37+,38+,39+,40+,41+,42+,43+,44-,45-,46-,47-,48+,49-,50+,51+,52+,53+,54+,55-,56-,58+,59+,60+,61+,62+,63+,64-,67+,68+,69-,70-,71+/m1/s1. The van der Waals surface area contributed by atoms with Gasteiger partial charge in [0.15, 0.2) is 56.1 Å². The summed E-state index contributed by atoms with van der Waals surface area (Å²) in [4.78, 5) is 56.1. The van der Waals surface area contributed by atoms with E-state index < -0.39 is 286 Å². The summed E-state index contributed by atoms with van der Waals surface area (Å²) in [7, 11) is 0. The van der Waals surface area contributed by atoms with Gasteiger partial charge in [-0.25, -0.2) is 4.79 Å². The monoisotopic (exact) mass is 1540 g/mol. The van der Waals surface area contributed by atoms with Crippen LogP contribution in [0, 0.1) is 50.2 Å². The average Bonchev–Trinajstić information content (AvgIpc) is 0.673. The Morgan fingerprint density at radius 3 is 1.64 bits per heavy atom. The van der Waals surface area contributed by atoms with E-state index in [0.717, 1.165) is 18.8 Å². The molecule has 5 aliphatic carbocycles. The van der Waals surface area contributed by atoms with E-state index in [-0.39, 0.29) is 17.8 Å². The Bertz CT molecular complexity index is 3170. The molecule has 107 heavy (non-hydrogen) atoms. The van der Waals surface area contributed by atoms with Crippen molar-refractivity contribution in [2.24, 2.45) is 50.2 Å². The molecule has 0 amide bonds. The molecule has 7 heterocycles. The number of hydrogen-bond donors (Lipinski definition) is 17. The van der Waals surface area contributed by atoms with Crippen molar-refractivity contribution >= 4 is 24.2 Å². The molecule has 1 unspecified atom stereocenters. The molecule has 4 saturated carbocycles. The molecule has 0 spiro atoms. The van der Waals surface area contributed by atoms with Crippen LogP contribution in [0.2, 0.25) is 0 Å². The molecule has 0 aromatic rings. The maximum Gasteiger partial charge on any atom is 0.335 e. The largest absolute Gasteiger partial charge is 0.479 e. The SMILES string of the molecule is CC(=O)O[C@H]1[C@@H](O)[C@@H](C)O[C@@H](OC(=O)[C@]23CCC(C)(C)C[C@H]2C2=CCC4[C@@]5(C)CC[C@H](O[C@@H]6O[C@H](C(=O)O)[C@@H](O)[C@H](O[C@@H]7OC[C@@H](O)[C@H](O)[C@H]7O)[C@H]6O[C@@H]6O[C@H](CO)[C@H](O)[C@H](O)[C@H]6O)[C@@](C)(C=O)[C@@H]5CC[C@@]4(C)[C@]2(C)CC3)[C@@H]1O[C@@H]1O[C@@H](C)[C@H](O[C@@H]2OC[C@@H](O)[C@H](O[C@@H]3OC[C@@H](O)[C@H](O)[C@H]3O)[C@H]2O)[C@@H](O)[C@H]1O. The summed E-state index contributed by atoms with van der Waals surface area (Å²) >= 11 is 0. The number of aliphatic hydroxyl groups is 16. The van der Waals surface area contributed by atoms with Gasteiger partial charge in [0, 0.05) is 6.92 Å². The van der Waals surface area contributed by atoms with E-state index in [0.29, 0.717) is 57.8 Å². The zero-order valence-electron chi connectivity index (χ0n) is 61.2. The summed E-state index contributed by atoms with van der Waals surface area (Å²) in [5.41, 5.74) is -3.56. The number of aldehydes is 1. The van der Waals surface area contributed by atoms with Crippen molar-refractivity contribution in [2.45, 2.75) is 329 Å². The highest BCUT2D eigenvalue weighted by molar-refractivity contribution is 5.79. The highest BCUT2D eigenvalue weighted by Gasteiger charge is 2.72. The van der Waals surface area contributed by atoms with Gasteiger partial charge in [-0.1, -0.05) is 53.2 Å². The molecule has 11 fully saturated rings. The third-order valence-corrected chi connectivity index (χ3v) is 26.7. The fraction of sp³-hybridized carbons (Fsp3) is 0.915. The number of esters is 2. The zero-order valence-corrected chi connectivity index (χ0v) is 61.2. The van der Waals surface area contributed by atoms with Gasteiger partial charge in [0.05, 0.1) is 55.6 Å². The van der Waals surface area contributed by atoms with Crippen LogP contribution in [0.5, 0.6) is 0 Å². The molecule has 0 bridgehead atoms. The maximum atomic E-state index is 15.9. The minimum Gasteiger partial charge on any atom is -0.479 e. The van der Waals surface area contributed by atoms with Crippen molar-refractivity contribution < 1.29 is 177 Å². The summed E-state index contributed by atoms with van der Waals surface area (Å²) in [6.45, 7) is 14.2. The number of carboxylic acids is 1. The number of ether oxygens (including phenoxy) is 15. The molecule has 0 aromatic carbocycles. The summed E-state index contributed by atoms with van der Waals surface area (Å²) in [6, 6.07) is 0. The highest BCUT2D eigenvalue weighted by atomic mass is 16.8. The van der Waals surface area contributed by atoms with E-state index in [1.54, 1.807) is 6.92 Å². The second-order valence-electron chi connectivity index (χ2n) is 33.6. The van der Waals surface area contributed by atoms with Gasteiger partial charge < -0.3 is 163 Å². The Balaban J connectivity index is 0.784. The first-order valence-electron chi connectivity index (χ1n) is 37.2. The maximum absolute atomic E-state index is 15.9. The van der Waals surface area contributed by atoms with Crippen LogP contribution in [-0.2, 0) is 90.2 Å². The lowest BCUT2D eigenvalue weighted by molar-refractivity contribution is -0.391. The molecule has 610 valence electrons. The average molecular weight is 1540 g/mol. The number of carbonyl (C=O) groups excluding carboxylic acids is 3. The van der Waals surface area contributed by atoms with E-state index in [2.05, 4.69) is 40.7 Å². The summed E-state index contributed by atoms with van der Waals surface area (Å²) in [5.74, 6) is -4.25. The first-order valence-corrected chi connectivity index (χ1v) is 37.2. The van der Waals surface area contributed by atoms with Crippen molar-refractivity contribution in [2.75, 3.05) is 26.4 Å². The van der Waals surface area contributed by atoms with Crippen LogP contribution in [0.3, 0.4) is 0 Å². The van der Waals surface area contributed by atoms with Gasteiger partial charge in [-0.2, -0.15) is 0 Å². The summed E-state index contributed by atoms with van der Waals surface area (Å²) in [5, 5.41) is 185. The van der Waals surface area contributed by atoms with E-state index in [4.69, 9.17) is 71.1 Å². The molecule has 36 heteroatoms. The van der Waals surface area contributed by atoms with Crippen molar-refractivity contribution in [3.05, 3.63) is 11.6 Å². The number of rotatable bonds is 18. The van der Waals surface area contributed by atoms with Crippen LogP contribution in [0.25, 0.3) is 0 Å². The molecule has 12 rings (SSSR count). The molecule has 0 aromatic heterocycles. The lowest BCUT2D eigenvalue weighted by atomic mass is 9.33. The number of carboxylic acid groups (broad SMARTS) is 1. The van der Waals surface area contributed by atoms with Crippen LogP contribution < -0.4 is 0 Å². The van der Waals surface area contributed by atoms with Crippen LogP contribution in [0.1, 0.15) is 127 Å². The Labute approximate surface area is 616 Å². The van der Waals surface area contributed by atoms with Gasteiger partial charge in [0.1, 0.15) is 128 Å². The topological polar surface area (TPSA) is 551 Å². The quantitative estimate of drug-likeness (QED) is 0.0265. The third kappa shape index (κ3) is 14.7. The third-order valence-electron chi connectivity index (χ3n) is 26.7. The summed E-state index contributed by atoms with van der Waals surface area (Å²) < 4.78 is 90.0. The van der Waals surface area contributed by atoms with Crippen molar-refractivity contribution in [3.8, 4) is 0 Å². The number of aliphatic hydroxyl groups excluding tert-OH is 16. The van der Waals surface area contributed by atoms with Gasteiger partial charge in [-0.05, 0) is 117 Å². The minimum absolute atomic E-state index is 0.119. The predicted molar refractivity (Wildman–Crippen MR) is 350 cm³/mol. The molecule has 12 aliphatic rings. The molecule has 36 nitrogen and oxygen atoms in total. The first-order chi connectivity index (χ1) is 50.2. The molecular formula is C71H110O36. The smallest absolute Gasteiger partial charge is 0.335 e. The Hall–Kier alpha value is -3.34. The first kappa shape index (κ1) is 83.1. The minimum atomic E-state index is -2.21. The fourth-order valence-electron chi connectivity index (χ4n) is 20.2. The normalized spacial score (nSPS) is 53.5. The Kier molecular flexibility index (Phi) is 24.4. The van der Waals surface area contributed by atoms with E-state index in [1.165, 1.54) is 13.8 Å². The van der Waals surface area contributed by atoms with E-state index in [1.807, 2.05) is 0 Å². The van der Waals surface area contributed by atoms with Crippen LogP contribution in [0.4, 0.5) is 0 Å². The van der Waals surface area contributed by atoms with E-state index in [9.17, 15) is 101 Å². The molecule has 7 aliphatic heterocycles. The van der Waals surface area contributed by atoms with Crippen LogP contribution >= 0.6 is 0 Å². The van der Waals surface area contributed by atoms with Crippen molar-refractivity contribution in [1.82, 2.24) is 0 Å². The van der Waals surface area contributed by atoms with Gasteiger partial charge in [0.25, 0.3) is 0 Å². The lowest BCUT2D eigenvalue weighted by Crippen LogP contribution is -2.69. The predicted octanol–water partition coefficient (Wildman–Crippen LogP) is -4.75. The van der Waals surface area contributed by atoms with Crippen LogP contribution in [0.15, 0.2) is 11.6 Å². The van der Waals surface area contributed by atoms with Gasteiger partial charge in [0.2, 0.25) is 6.29 Å². The highest BCUT2D eigenvalue weighted by Crippen LogP contribution is 2.76. The van der Waals surface area contributed by atoms with E-state index >= 15 is 4.79 Å². The molecule has 41 atom stereocenters. The van der Waals surface area contributed by atoms with Gasteiger partial charge in [-0.3, -0.25) is 9.59 Å². The Morgan fingerprint density at radius 2 is 1.04 bits per heavy atom. The lowest BCUT2D eigenvalue weighted by Gasteiger charge is -2.71. The molecule has 7 saturated heterocycles. The number of hydrogen-bond acceptors (Lipinski definition) is 35. The molecule has 17 N–H and O–H groups in total. The fourth-order valence-corrected chi connectivity index (χ4v) is 20.2. The number of carbonyl (C=O) groups is 4. The van der Waals surface area contributed by atoms with Gasteiger partial charge >= 0.3 is 17.9 Å². The number of aliphatic carboxylic acids is 1. The molecule has 0 radical (unpaired) electrons. The second kappa shape index (κ2) is 31.5. The Morgan fingerprint density at radius 1 is 0.495 bits per heavy atom. The summed E-state index contributed by atoms with van der Waals surface area (Å²) in [6.07, 6.45) is -50.2. The van der Waals surface area contributed by atoms with Crippen LogP contribution in [-0.4, -0.2) is 340 Å². The number of fused-ring (bicyclic) bond motifs is 7. The van der Waals surface area contributed by atoms with Crippen molar-refractivity contribution in [1.29, 1.82) is 0 Å². The van der Waals surface area contributed by atoms with Crippen molar-refractivity contribution in [3.63, 3.8) is 0 Å². The second-order valence-corrected chi connectivity index (χ2v) is 33.6. The zero-order chi connectivity index (χ0) is 78.0.